The summed E-state index contributed by atoms with van der Waals surface area (Å²) in [6, 6.07) is 4.20. The molecule has 1 aromatic rings. The van der Waals surface area contributed by atoms with Crippen LogP contribution in [0.1, 0.15) is 25.6 Å². The fourth-order valence-electron chi connectivity index (χ4n) is 1.10. The van der Waals surface area contributed by atoms with Gasteiger partial charge in [-0.15, -0.1) is 11.3 Å². The van der Waals surface area contributed by atoms with Gasteiger partial charge in [0, 0.05) is 4.88 Å². The van der Waals surface area contributed by atoms with E-state index in [4.69, 9.17) is 4.74 Å². The van der Waals surface area contributed by atoms with Crippen molar-refractivity contribution in [3.05, 3.63) is 17.0 Å². The zero-order valence-electron chi connectivity index (χ0n) is 9.39. The molecule has 0 aliphatic heterocycles. The minimum atomic E-state index is -0.0921. The first kappa shape index (κ1) is 11.5. The molecule has 0 saturated heterocycles. The van der Waals surface area contributed by atoms with E-state index in [-0.39, 0.29) is 5.60 Å². The predicted molar refractivity (Wildman–Crippen MR) is 62.3 cm³/mol. The Morgan fingerprint density at radius 3 is 2.64 bits per heavy atom. The first-order valence-electron chi connectivity index (χ1n) is 4.93. The quantitative estimate of drug-likeness (QED) is 0.830. The van der Waals surface area contributed by atoms with Crippen LogP contribution >= 0.6 is 11.3 Å². The highest BCUT2D eigenvalue weighted by Gasteiger charge is 2.12. The summed E-state index contributed by atoms with van der Waals surface area (Å²) < 4.78 is 5.76. The van der Waals surface area contributed by atoms with E-state index in [0.29, 0.717) is 0 Å². The minimum Gasteiger partial charge on any atom is -0.479 e. The topological polar surface area (TPSA) is 21.3 Å². The van der Waals surface area contributed by atoms with E-state index >= 15 is 0 Å². The minimum absolute atomic E-state index is 0.0921. The average Bonchev–Trinajstić information content (AvgIpc) is 2.46. The third-order valence-corrected chi connectivity index (χ3v) is 2.69. The van der Waals surface area contributed by atoms with Crippen molar-refractivity contribution in [1.29, 1.82) is 0 Å². The maximum Gasteiger partial charge on any atom is 0.174 e. The maximum atomic E-state index is 5.76. The van der Waals surface area contributed by atoms with Gasteiger partial charge in [-0.2, -0.15) is 0 Å². The molecule has 0 saturated carbocycles. The summed E-state index contributed by atoms with van der Waals surface area (Å²) in [4.78, 5) is 1.37. The summed E-state index contributed by atoms with van der Waals surface area (Å²) in [5.74, 6) is 0. The lowest BCUT2D eigenvalue weighted by molar-refractivity contribution is 0.136. The van der Waals surface area contributed by atoms with Crippen LogP contribution < -0.4 is 10.1 Å². The van der Waals surface area contributed by atoms with Crippen molar-refractivity contribution < 1.29 is 4.74 Å². The Balaban J connectivity index is 2.51. The molecule has 1 rings (SSSR count). The molecular weight excluding hydrogens is 194 g/mol. The van der Waals surface area contributed by atoms with Crippen LogP contribution in [-0.2, 0) is 6.42 Å². The normalized spacial score (nSPS) is 11.7. The summed E-state index contributed by atoms with van der Waals surface area (Å²) in [5.41, 5.74) is -0.0921. The van der Waals surface area contributed by atoms with Crippen molar-refractivity contribution in [2.45, 2.75) is 32.8 Å². The van der Waals surface area contributed by atoms with Gasteiger partial charge in [0.15, 0.2) is 5.06 Å². The van der Waals surface area contributed by atoms with E-state index in [1.165, 1.54) is 4.88 Å². The van der Waals surface area contributed by atoms with Crippen LogP contribution in [0, 0.1) is 0 Å². The Kier molecular flexibility index (Phi) is 3.96. The molecule has 0 radical (unpaired) electrons. The molecule has 0 amide bonds. The van der Waals surface area contributed by atoms with E-state index in [0.717, 1.165) is 18.0 Å². The molecule has 1 aromatic heterocycles. The molecule has 1 N–H and O–H groups in total. The zero-order chi connectivity index (χ0) is 10.6. The number of ether oxygens (including phenoxy) is 1. The molecular formula is C11H19NOS. The Bertz CT molecular complexity index is 275. The number of hydrogen-bond acceptors (Lipinski definition) is 3. The van der Waals surface area contributed by atoms with Gasteiger partial charge < -0.3 is 10.1 Å². The van der Waals surface area contributed by atoms with Crippen LogP contribution in [0.2, 0.25) is 0 Å². The Morgan fingerprint density at radius 1 is 1.36 bits per heavy atom. The molecule has 0 atom stereocenters. The standard InChI is InChI=1S/C11H19NOS/c1-11(2,3)13-10-6-5-9(14-10)7-8-12-4/h5-6,12H,7-8H2,1-4H3. The van der Waals surface area contributed by atoms with Gasteiger partial charge in [-0.05, 0) is 52.9 Å². The lowest BCUT2D eigenvalue weighted by Crippen LogP contribution is -2.22. The average molecular weight is 213 g/mol. The molecule has 3 heteroatoms. The second-order valence-electron chi connectivity index (χ2n) is 4.29. The van der Waals surface area contributed by atoms with Gasteiger partial charge in [-0.25, -0.2) is 0 Å². The molecule has 0 bridgehead atoms. The van der Waals surface area contributed by atoms with Crippen LogP contribution in [0.4, 0.5) is 0 Å². The molecule has 14 heavy (non-hydrogen) atoms. The molecule has 0 fully saturated rings. The number of rotatable bonds is 4. The van der Waals surface area contributed by atoms with Gasteiger partial charge in [-0.3, -0.25) is 0 Å². The Labute approximate surface area is 90.3 Å². The van der Waals surface area contributed by atoms with Crippen molar-refractivity contribution in [2.75, 3.05) is 13.6 Å². The van der Waals surface area contributed by atoms with Crippen molar-refractivity contribution in [2.24, 2.45) is 0 Å². The van der Waals surface area contributed by atoms with Gasteiger partial charge in [0.1, 0.15) is 5.60 Å². The van der Waals surface area contributed by atoms with E-state index in [2.05, 4.69) is 38.2 Å². The highest BCUT2D eigenvalue weighted by Crippen LogP contribution is 2.27. The summed E-state index contributed by atoms with van der Waals surface area (Å²) in [7, 11) is 1.97. The van der Waals surface area contributed by atoms with Crippen LogP contribution in [0.3, 0.4) is 0 Å². The second kappa shape index (κ2) is 4.80. The first-order chi connectivity index (χ1) is 6.51. The van der Waals surface area contributed by atoms with Crippen LogP contribution in [0.15, 0.2) is 12.1 Å². The molecule has 1 heterocycles. The smallest absolute Gasteiger partial charge is 0.174 e. The van der Waals surface area contributed by atoms with Gasteiger partial charge in [0.25, 0.3) is 0 Å². The van der Waals surface area contributed by atoms with Gasteiger partial charge in [-0.1, -0.05) is 0 Å². The van der Waals surface area contributed by atoms with Gasteiger partial charge >= 0.3 is 0 Å². The maximum absolute atomic E-state index is 5.76. The molecule has 0 aromatic carbocycles. The van der Waals surface area contributed by atoms with Crippen molar-refractivity contribution in [3.63, 3.8) is 0 Å². The summed E-state index contributed by atoms with van der Waals surface area (Å²) in [6.07, 6.45) is 1.08. The highest BCUT2D eigenvalue weighted by molar-refractivity contribution is 7.13. The van der Waals surface area contributed by atoms with Crippen molar-refractivity contribution >= 4 is 11.3 Å². The molecule has 0 aliphatic carbocycles. The van der Waals surface area contributed by atoms with Crippen LogP contribution in [-0.4, -0.2) is 19.2 Å². The Hall–Kier alpha value is -0.540. The molecule has 2 nitrogen and oxygen atoms in total. The van der Waals surface area contributed by atoms with Crippen molar-refractivity contribution in [1.82, 2.24) is 5.32 Å². The number of likely N-dealkylation sites (N-methyl/N-ethyl adjacent to an activating group) is 1. The molecule has 0 spiro atoms. The third-order valence-electron chi connectivity index (χ3n) is 1.67. The second-order valence-corrected chi connectivity index (χ2v) is 5.42. The van der Waals surface area contributed by atoms with Gasteiger partial charge in [0.2, 0.25) is 0 Å². The summed E-state index contributed by atoms with van der Waals surface area (Å²) >= 11 is 1.74. The fourth-order valence-corrected chi connectivity index (χ4v) is 2.12. The SMILES string of the molecule is CNCCc1ccc(OC(C)(C)C)s1. The molecule has 0 unspecified atom stereocenters. The van der Waals surface area contributed by atoms with E-state index in [9.17, 15) is 0 Å². The van der Waals surface area contributed by atoms with E-state index in [1.54, 1.807) is 11.3 Å². The monoisotopic (exact) mass is 213 g/mol. The first-order valence-corrected chi connectivity index (χ1v) is 5.75. The lowest BCUT2D eigenvalue weighted by Gasteiger charge is -2.19. The number of nitrogens with one attached hydrogen (secondary N) is 1. The number of thiophene rings is 1. The third kappa shape index (κ3) is 4.11. The zero-order valence-corrected chi connectivity index (χ0v) is 10.2. The predicted octanol–water partition coefficient (Wildman–Crippen LogP) is 2.69. The summed E-state index contributed by atoms with van der Waals surface area (Å²) in [6.45, 7) is 7.23. The van der Waals surface area contributed by atoms with Crippen LogP contribution in [0.5, 0.6) is 5.06 Å². The van der Waals surface area contributed by atoms with Crippen LogP contribution in [0.25, 0.3) is 0 Å². The molecule has 0 aliphatic rings. The highest BCUT2D eigenvalue weighted by atomic mass is 32.1. The number of hydrogen-bond donors (Lipinski definition) is 1. The van der Waals surface area contributed by atoms with Crippen molar-refractivity contribution in [3.8, 4) is 5.06 Å². The molecule has 80 valence electrons. The van der Waals surface area contributed by atoms with E-state index in [1.807, 2.05) is 7.05 Å². The lowest BCUT2D eigenvalue weighted by atomic mass is 10.2. The van der Waals surface area contributed by atoms with E-state index < -0.39 is 0 Å². The summed E-state index contributed by atoms with van der Waals surface area (Å²) in [5, 5.41) is 4.16. The fraction of sp³-hybridized carbons (Fsp3) is 0.636. The van der Waals surface area contributed by atoms with Gasteiger partial charge in [0.05, 0.1) is 0 Å². The largest absolute Gasteiger partial charge is 0.479 e. The Morgan fingerprint density at radius 2 is 2.07 bits per heavy atom.